The molecule has 0 amide bonds. The number of carboxylic acids is 1. The number of hydrogen-bond acceptors (Lipinski definition) is 3. The Balaban J connectivity index is 3.00. The highest BCUT2D eigenvalue weighted by molar-refractivity contribution is 6.69. The summed E-state index contributed by atoms with van der Waals surface area (Å²) >= 11 is 5.48. The second-order valence-electron chi connectivity index (χ2n) is 2.27. The van der Waals surface area contributed by atoms with Crippen molar-refractivity contribution in [1.29, 1.82) is 0 Å². The van der Waals surface area contributed by atoms with Crippen LogP contribution in [0.1, 0.15) is 15.9 Å². The van der Waals surface area contributed by atoms with Gasteiger partial charge >= 0.3 is 5.97 Å². The molecule has 1 aromatic carbocycles. The number of rotatable bonds is 2. The predicted octanol–water partition coefficient (Wildman–Crippen LogP) is 1.76. The Morgan fingerprint density at radius 3 is 2.08 bits per heavy atom. The smallest absolute Gasteiger partial charge is 0.335 e. The van der Waals surface area contributed by atoms with Gasteiger partial charge in [0.25, 0.3) is 0 Å². The maximum absolute atomic E-state index is 10.4. The van der Waals surface area contributed by atoms with Crippen LogP contribution in [0.5, 0.6) is 0 Å². The first-order valence-corrected chi connectivity index (χ1v) is 3.74. The Hall–Kier alpha value is -1.55. The highest BCUT2D eigenvalue weighted by Gasteiger charge is 2.03. The Bertz CT molecular complexity index is 345. The lowest BCUT2D eigenvalue weighted by molar-refractivity contribution is 0.0697. The summed E-state index contributed by atoms with van der Waals surface area (Å²) in [6.07, 6.45) is 0. The van der Waals surface area contributed by atoms with E-state index in [9.17, 15) is 4.79 Å². The molecule has 0 aliphatic rings. The molecule has 13 heavy (non-hydrogen) atoms. The molecule has 0 aromatic heterocycles. The summed E-state index contributed by atoms with van der Waals surface area (Å²) in [6, 6.07) is 5.69. The standard InChI is InChI=1S/C8H6ClNO3/c9-7(10-13)5-1-3-6(4-2-5)8(11)12/h1-4,13H,(H,11,12). The van der Waals surface area contributed by atoms with Crippen molar-refractivity contribution in [3.63, 3.8) is 0 Å². The average molecular weight is 200 g/mol. The van der Waals surface area contributed by atoms with Gasteiger partial charge in [0.1, 0.15) is 0 Å². The van der Waals surface area contributed by atoms with Gasteiger partial charge < -0.3 is 10.3 Å². The third kappa shape index (κ3) is 2.19. The van der Waals surface area contributed by atoms with Gasteiger partial charge in [-0.2, -0.15) is 0 Å². The van der Waals surface area contributed by atoms with E-state index in [0.717, 1.165) is 0 Å². The number of nitrogens with zero attached hydrogens (tertiary/aromatic N) is 1. The molecular formula is C8H6ClNO3. The Labute approximate surface area is 79.1 Å². The van der Waals surface area contributed by atoms with Crippen LogP contribution in [0.15, 0.2) is 29.4 Å². The van der Waals surface area contributed by atoms with Gasteiger partial charge in [0, 0.05) is 5.56 Å². The molecule has 68 valence electrons. The fourth-order valence-electron chi connectivity index (χ4n) is 0.808. The topological polar surface area (TPSA) is 69.9 Å². The molecule has 1 aromatic rings. The molecule has 0 atom stereocenters. The third-order valence-electron chi connectivity index (χ3n) is 1.46. The van der Waals surface area contributed by atoms with Crippen LogP contribution in [0.3, 0.4) is 0 Å². The van der Waals surface area contributed by atoms with E-state index in [1.54, 1.807) is 0 Å². The van der Waals surface area contributed by atoms with Crippen molar-refractivity contribution in [2.75, 3.05) is 0 Å². The number of hydrogen-bond donors (Lipinski definition) is 2. The van der Waals surface area contributed by atoms with Crippen molar-refractivity contribution >= 4 is 22.7 Å². The Morgan fingerprint density at radius 2 is 1.69 bits per heavy atom. The normalized spacial score (nSPS) is 11.3. The van der Waals surface area contributed by atoms with Gasteiger partial charge in [0.15, 0.2) is 5.17 Å². The number of benzene rings is 1. The summed E-state index contributed by atoms with van der Waals surface area (Å²) in [6.45, 7) is 0. The Kier molecular flexibility index (Phi) is 2.87. The molecule has 0 spiro atoms. The fraction of sp³-hybridized carbons (Fsp3) is 0. The van der Waals surface area contributed by atoms with E-state index in [1.165, 1.54) is 24.3 Å². The summed E-state index contributed by atoms with van der Waals surface area (Å²) in [5, 5.41) is 19.6. The maximum Gasteiger partial charge on any atom is 0.335 e. The van der Waals surface area contributed by atoms with Crippen LogP contribution in [0.2, 0.25) is 0 Å². The van der Waals surface area contributed by atoms with E-state index in [0.29, 0.717) is 5.56 Å². The first-order valence-electron chi connectivity index (χ1n) is 3.36. The summed E-state index contributed by atoms with van der Waals surface area (Å²) in [5.74, 6) is -1.01. The second-order valence-corrected chi connectivity index (χ2v) is 2.63. The van der Waals surface area contributed by atoms with E-state index in [2.05, 4.69) is 5.16 Å². The van der Waals surface area contributed by atoms with Gasteiger partial charge in [-0.25, -0.2) is 4.79 Å². The number of carboxylic acid groups (broad SMARTS) is 1. The molecule has 4 nitrogen and oxygen atoms in total. The summed E-state index contributed by atoms with van der Waals surface area (Å²) in [7, 11) is 0. The summed E-state index contributed by atoms with van der Waals surface area (Å²) < 4.78 is 0. The zero-order chi connectivity index (χ0) is 9.84. The predicted molar refractivity (Wildman–Crippen MR) is 47.6 cm³/mol. The van der Waals surface area contributed by atoms with E-state index in [1.807, 2.05) is 0 Å². The molecular weight excluding hydrogens is 194 g/mol. The van der Waals surface area contributed by atoms with Crippen LogP contribution in [-0.2, 0) is 0 Å². The van der Waals surface area contributed by atoms with E-state index in [4.69, 9.17) is 21.9 Å². The van der Waals surface area contributed by atoms with Crippen LogP contribution >= 0.6 is 11.6 Å². The molecule has 5 heteroatoms. The van der Waals surface area contributed by atoms with Crippen LogP contribution in [0.25, 0.3) is 0 Å². The van der Waals surface area contributed by atoms with Gasteiger partial charge in [0.2, 0.25) is 0 Å². The molecule has 0 heterocycles. The van der Waals surface area contributed by atoms with Gasteiger partial charge in [-0.05, 0) is 12.1 Å². The largest absolute Gasteiger partial charge is 0.478 e. The molecule has 0 aliphatic heterocycles. The molecule has 0 unspecified atom stereocenters. The average Bonchev–Trinajstić information content (AvgIpc) is 2.17. The van der Waals surface area contributed by atoms with Crippen molar-refractivity contribution < 1.29 is 15.1 Å². The van der Waals surface area contributed by atoms with Crippen LogP contribution in [0, 0.1) is 0 Å². The maximum atomic E-state index is 10.4. The molecule has 0 aliphatic carbocycles. The van der Waals surface area contributed by atoms with Crippen molar-refractivity contribution in [3.05, 3.63) is 35.4 Å². The van der Waals surface area contributed by atoms with Crippen LogP contribution < -0.4 is 0 Å². The molecule has 1 rings (SSSR count). The SMILES string of the molecule is O=C(O)c1ccc(C(Cl)=NO)cc1. The first kappa shape index (κ1) is 9.54. The lowest BCUT2D eigenvalue weighted by Gasteiger charge is -1.96. The molecule has 0 bridgehead atoms. The summed E-state index contributed by atoms with van der Waals surface area (Å²) in [4.78, 5) is 10.4. The Morgan fingerprint density at radius 1 is 1.23 bits per heavy atom. The first-order chi connectivity index (χ1) is 6.15. The zero-order valence-corrected chi connectivity index (χ0v) is 7.19. The van der Waals surface area contributed by atoms with E-state index < -0.39 is 5.97 Å². The molecule has 2 N–H and O–H groups in total. The van der Waals surface area contributed by atoms with E-state index in [-0.39, 0.29) is 10.7 Å². The van der Waals surface area contributed by atoms with Crippen molar-refractivity contribution in [3.8, 4) is 0 Å². The van der Waals surface area contributed by atoms with Gasteiger partial charge in [0.05, 0.1) is 5.56 Å². The van der Waals surface area contributed by atoms with Crippen molar-refractivity contribution in [2.45, 2.75) is 0 Å². The van der Waals surface area contributed by atoms with Gasteiger partial charge in [-0.3, -0.25) is 0 Å². The molecule has 0 saturated carbocycles. The third-order valence-corrected chi connectivity index (χ3v) is 1.75. The zero-order valence-electron chi connectivity index (χ0n) is 6.44. The highest BCUT2D eigenvalue weighted by atomic mass is 35.5. The molecule has 0 fully saturated rings. The second kappa shape index (κ2) is 3.91. The summed E-state index contributed by atoms with van der Waals surface area (Å²) in [5.41, 5.74) is 0.625. The molecule has 0 radical (unpaired) electrons. The van der Waals surface area contributed by atoms with Crippen molar-refractivity contribution in [1.82, 2.24) is 0 Å². The van der Waals surface area contributed by atoms with Crippen LogP contribution in [0.4, 0.5) is 0 Å². The minimum atomic E-state index is -1.01. The number of oxime groups is 1. The number of halogens is 1. The number of aromatic carboxylic acids is 1. The highest BCUT2D eigenvalue weighted by Crippen LogP contribution is 2.07. The number of carbonyl (C=O) groups is 1. The quantitative estimate of drug-likeness (QED) is 0.433. The van der Waals surface area contributed by atoms with Gasteiger partial charge in [-0.15, -0.1) is 0 Å². The lowest BCUT2D eigenvalue weighted by Crippen LogP contribution is -1.97. The van der Waals surface area contributed by atoms with Crippen LogP contribution in [-0.4, -0.2) is 21.5 Å². The van der Waals surface area contributed by atoms with Crippen molar-refractivity contribution in [2.24, 2.45) is 5.16 Å². The fourth-order valence-corrected chi connectivity index (χ4v) is 0.934. The minimum absolute atomic E-state index is 0.0723. The monoisotopic (exact) mass is 199 g/mol. The van der Waals surface area contributed by atoms with Gasteiger partial charge in [-0.1, -0.05) is 28.9 Å². The lowest BCUT2D eigenvalue weighted by atomic mass is 10.1. The van der Waals surface area contributed by atoms with E-state index >= 15 is 0 Å². The molecule has 0 saturated heterocycles. The minimum Gasteiger partial charge on any atom is -0.478 e.